The Labute approximate surface area is 128 Å². The van der Waals surface area contributed by atoms with Gasteiger partial charge in [0.2, 0.25) is 11.2 Å². The number of phenolic OH excluding ortho intramolecular Hbond substituents is 1. The summed E-state index contributed by atoms with van der Waals surface area (Å²) in [4.78, 5) is 12.5. The van der Waals surface area contributed by atoms with Gasteiger partial charge in [-0.05, 0) is 43.3 Å². The first kappa shape index (κ1) is 13.7. The number of benzene rings is 2. The van der Waals surface area contributed by atoms with Gasteiger partial charge in [0.25, 0.3) is 0 Å². The van der Waals surface area contributed by atoms with E-state index in [1.165, 1.54) is 18.2 Å². The van der Waals surface area contributed by atoms with E-state index in [1.54, 1.807) is 19.1 Å². The van der Waals surface area contributed by atoms with Gasteiger partial charge in [0.15, 0.2) is 0 Å². The molecule has 0 saturated carbocycles. The molecule has 0 aliphatic rings. The van der Waals surface area contributed by atoms with E-state index in [4.69, 9.17) is 9.15 Å². The molecular formula is C16H11BrO4. The zero-order chi connectivity index (χ0) is 15.0. The monoisotopic (exact) mass is 346 g/mol. The second-order valence-electron chi connectivity index (χ2n) is 4.55. The number of hydrogen-bond acceptors (Lipinski definition) is 4. The predicted molar refractivity (Wildman–Crippen MR) is 83.1 cm³/mol. The molecule has 0 fully saturated rings. The van der Waals surface area contributed by atoms with Crippen molar-refractivity contribution in [1.82, 2.24) is 0 Å². The third-order valence-corrected chi connectivity index (χ3v) is 3.56. The lowest BCUT2D eigenvalue weighted by molar-refractivity contribution is 0.435. The van der Waals surface area contributed by atoms with Crippen LogP contribution in [-0.4, -0.2) is 5.11 Å². The number of ether oxygens (including phenoxy) is 1. The minimum atomic E-state index is -0.267. The van der Waals surface area contributed by atoms with Crippen LogP contribution in [0, 0.1) is 6.92 Å². The molecule has 0 bridgehead atoms. The van der Waals surface area contributed by atoms with Crippen molar-refractivity contribution in [3.05, 3.63) is 62.9 Å². The Bertz CT molecular complexity index is 866. The average Bonchev–Trinajstić information content (AvgIpc) is 2.45. The minimum absolute atomic E-state index is 0.0478. The van der Waals surface area contributed by atoms with E-state index < -0.39 is 0 Å². The Balaban J connectivity index is 2.12. The summed E-state index contributed by atoms with van der Waals surface area (Å²) in [6.45, 7) is 1.65. The molecule has 3 aromatic rings. The van der Waals surface area contributed by atoms with Crippen LogP contribution in [0.15, 0.2) is 56.1 Å². The Morgan fingerprint density at radius 2 is 1.86 bits per heavy atom. The third kappa shape index (κ3) is 2.64. The van der Waals surface area contributed by atoms with E-state index in [-0.39, 0.29) is 16.9 Å². The van der Waals surface area contributed by atoms with Gasteiger partial charge in [-0.15, -0.1) is 0 Å². The third-order valence-electron chi connectivity index (χ3n) is 3.03. The highest BCUT2D eigenvalue weighted by Gasteiger charge is 2.14. The summed E-state index contributed by atoms with van der Waals surface area (Å²) in [6.07, 6.45) is 0. The van der Waals surface area contributed by atoms with E-state index in [9.17, 15) is 9.90 Å². The number of rotatable bonds is 2. The van der Waals surface area contributed by atoms with E-state index in [0.29, 0.717) is 22.5 Å². The lowest BCUT2D eigenvalue weighted by Crippen LogP contribution is -2.07. The number of hydrogen-bond donors (Lipinski definition) is 1. The topological polar surface area (TPSA) is 59.7 Å². The molecule has 0 saturated heterocycles. The highest BCUT2D eigenvalue weighted by Crippen LogP contribution is 2.27. The van der Waals surface area contributed by atoms with Crippen LogP contribution in [0.25, 0.3) is 11.0 Å². The maximum atomic E-state index is 12.5. The van der Waals surface area contributed by atoms with Crippen LogP contribution >= 0.6 is 15.9 Å². The second-order valence-corrected chi connectivity index (χ2v) is 5.47. The summed E-state index contributed by atoms with van der Waals surface area (Å²) in [5.41, 5.74) is 0.0670. The molecule has 0 amide bonds. The largest absolute Gasteiger partial charge is 0.508 e. The molecule has 0 unspecified atom stereocenters. The molecule has 0 spiro atoms. The van der Waals surface area contributed by atoms with Crippen LogP contribution in [0.5, 0.6) is 17.2 Å². The number of aryl methyl sites for hydroxylation is 1. The maximum absolute atomic E-state index is 12.5. The van der Waals surface area contributed by atoms with E-state index >= 15 is 0 Å². The molecule has 3 rings (SSSR count). The molecule has 1 heterocycles. The van der Waals surface area contributed by atoms with Gasteiger partial charge >= 0.3 is 0 Å². The summed E-state index contributed by atoms with van der Waals surface area (Å²) in [7, 11) is 0. The van der Waals surface area contributed by atoms with Crippen molar-refractivity contribution in [2.75, 3.05) is 0 Å². The highest BCUT2D eigenvalue weighted by atomic mass is 79.9. The standard InChI is InChI=1S/C16H11BrO4/c1-9-16(21-12-5-2-10(17)3-6-12)15(19)13-7-4-11(18)8-14(13)20-9/h2-8,18H,1H3. The van der Waals surface area contributed by atoms with Crippen LogP contribution in [0.1, 0.15) is 5.76 Å². The SMILES string of the molecule is Cc1oc2cc(O)ccc2c(=O)c1Oc1ccc(Br)cc1. The molecule has 2 aromatic carbocycles. The van der Waals surface area contributed by atoms with Gasteiger partial charge in [-0.25, -0.2) is 0 Å². The fourth-order valence-electron chi connectivity index (χ4n) is 2.02. The first-order chi connectivity index (χ1) is 10.0. The lowest BCUT2D eigenvalue weighted by atomic mass is 10.2. The molecule has 0 aliphatic heterocycles. The van der Waals surface area contributed by atoms with Crippen molar-refractivity contribution < 1.29 is 14.3 Å². The van der Waals surface area contributed by atoms with Crippen molar-refractivity contribution in [2.45, 2.75) is 6.92 Å². The van der Waals surface area contributed by atoms with E-state index in [0.717, 1.165) is 4.47 Å². The van der Waals surface area contributed by atoms with Crippen molar-refractivity contribution in [3.63, 3.8) is 0 Å². The average molecular weight is 347 g/mol. The fraction of sp³-hybridized carbons (Fsp3) is 0.0625. The number of fused-ring (bicyclic) bond motifs is 1. The van der Waals surface area contributed by atoms with E-state index in [1.807, 2.05) is 12.1 Å². The zero-order valence-corrected chi connectivity index (χ0v) is 12.7. The second kappa shape index (κ2) is 5.26. The van der Waals surface area contributed by atoms with Crippen LogP contribution in [0.4, 0.5) is 0 Å². The number of aromatic hydroxyl groups is 1. The molecule has 1 aromatic heterocycles. The smallest absolute Gasteiger partial charge is 0.235 e. The van der Waals surface area contributed by atoms with Gasteiger partial charge in [-0.1, -0.05) is 15.9 Å². The summed E-state index contributed by atoms with van der Waals surface area (Å²) in [5, 5.41) is 9.81. The van der Waals surface area contributed by atoms with Gasteiger partial charge in [0.05, 0.1) is 5.39 Å². The van der Waals surface area contributed by atoms with Crippen LogP contribution in [-0.2, 0) is 0 Å². The van der Waals surface area contributed by atoms with E-state index in [2.05, 4.69) is 15.9 Å². The Kier molecular flexibility index (Phi) is 3.43. The van der Waals surface area contributed by atoms with Gasteiger partial charge in [-0.3, -0.25) is 4.79 Å². The Morgan fingerprint density at radius 1 is 1.14 bits per heavy atom. The maximum Gasteiger partial charge on any atom is 0.235 e. The fourth-order valence-corrected chi connectivity index (χ4v) is 2.28. The summed E-state index contributed by atoms with van der Waals surface area (Å²) in [6, 6.07) is 11.5. The molecule has 1 N–H and O–H groups in total. The number of halogens is 1. The Hall–Kier alpha value is -2.27. The van der Waals surface area contributed by atoms with Gasteiger partial charge in [0.1, 0.15) is 22.8 Å². The molecule has 5 heteroatoms. The molecule has 4 nitrogen and oxygen atoms in total. The first-order valence-corrected chi connectivity index (χ1v) is 7.04. The Morgan fingerprint density at radius 3 is 2.57 bits per heavy atom. The molecule has 21 heavy (non-hydrogen) atoms. The highest BCUT2D eigenvalue weighted by molar-refractivity contribution is 9.10. The van der Waals surface area contributed by atoms with Crippen molar-refractivity contribution in [2.24, 2.45) is 0 Å². The molecule has 0 atom stereocenters. The first-order valence-electron chi connectivity index (χ1n) is 6.24. The normalized spacial score (nSPS) is 10.8. The molecule has 106 valence electrons. The number of phenols is 1. The lowest BCUT2D eigenvalue weighted by Gasteiger charge is -2.09. The molecular weight excluding hydrogens is 336 g/mol. The van der Waals surface area contributed by atoms with Crippen molar-refractivity contribution >= 4 is 26.9 Å². The van der Waals surface area contributed by atoms with Gasteiger partial charge in [0, 0.05) is 10.5 Å². The summed E-state index contributed by atoms with van der Waals surface area (Å²) < 4.78 is 12.1. The predicted octanol–water partition coefficient (Wildman–Crippen LogP) is 4.36. The quantitative estimate of drug-likeness (QED) is 0.748. The van der Waals surface area contributed by atoms with Crippen LogP contribution in [0.3, 0.4) is 0 Å². The van der Waals surface area contributed by atoms with Crippen molar-refractivity contribution in [1.29, 1.82) is 0 Å². The summed E-state index contributed by atoms with van der Waals surface area (Å²) >= 11 is 3.34. The molecule has 0 radical (unpaired) electrons. The van der Waals surface area contributed by atoms with Gasteiger partial charge in [-0.2, -0.15) is 0 Å². The van der Waals surface area contributed by atoms with Gasteiger partial charge < -0.3 is 14.3 Å². The van der Waals surface area contributed by atoms with Crippen molar-refractivity contribution in [3.8, 4) is 17.2 Å². The minimum Gasteiger partial charge on any atom is -0.508 e. The summed E-state index contributed by atoms with van der Waals surface area (Å²) in [5.74, 6) is 1.11. The van der Waals surface area contributed by atoms with Crippen LogP contribution < -0.4 is 10.2 Å². The zero-order valence-electron chi connectivity index (χ0n) is 11.1. The molecule has 0 aliphatic carbocycles. The van der Waals surface area contributed by atoms with Crippen LogP contribution in [0.2, 0.25) is 0 Å².